The molecule has 0 aromatic heterocycles. The van der Waals surface area contributed by atoms with Crippen LogP contribution in [0, 0.1) is 5.82 Å². The average molecular weight is 394 g/mol. The first-order chi connectivity index (χ1) is 9.77. The van der Waals surface area contributed by atoms with Crippen LogP contribution in [0.1, 0.15) is 5.56 Å². The largest absolute Gasteiger partial charge is 0.399 e. The average Bonchev–Trinajstić information content (AvgIpc) is 2.33. The molecule has 0 aliphatic rings. The summed E-state index contributed by atoms with van der Waals surface area (Å²) < 4.78 is 40.0. The number of hydrogen-bond acceptors (Lipinski definition) is 3. The summed E-state index contributed by atoms with van der Waals surface area (Å²) in [6.45, 7) is 0. The molecule has 8 heteroatoms. The van der Waals surface area contributed by atoms with E-state index >= 15 is 0 Å². The number of rotatable bonds is 4. The molecular weight excluding hydrogens is 383 g/mol. The van der Waals surface area contributed by atoms with Crippen molar-refractivity contribution in [2.24, 2.45) is 0 Å². The maximum atomic E-state index is 13.1. The van der Waals surface area contributed by atoms with Gasteiger partial charge in [-0.15, -0.1) is 0 Å². The highest BCUT2D eigenvalue weighted by molar-refractivity contribution is 9.10. The van der Waals surface area contributed by atoms with Gasteiger partial charge in [-0.25, -0.2) is 12.8 Å². The zero-order valence-corrected chi connectivity index (χ0v) is 13.8. The molecule has 0 radical (unpaired) electrons. The van der Waals surface area contributed by atoms with Gasteiger partial charge in [-0.05, 0) is 45.8 Å². The van der Waals surface area contributed by atoms with E-state index in [0.29, 0.717) is 11.3 Å². The first-order valence-corrected chi connectivity index (χ1v) is 8.58. The van der Waals surface area contributed by atoms with Crippen LogP contribution in [0.25, 0.3) is 0 Å². The van der Waals surface area contributed by atoms with E-state index in [9.17, 15) is 12.8 Å². The van der Waals surface area contributed by atoms with Gasteiger partial charge in [-0.3, -0.25) is 4.72 Å². The van der Waals surface area contributed by atoms with E-state index in [1.54, 1.807) is 24.3 Å². The molecule has 2 aromatic rings. The summed E-state index contributed by atoms with van der Waals surface area (Å²) in [5.74, 6) is -0.830. The van der Waals surface area contributed by atoms with E-state index in [1.165, 1.54) is 0 Å². The third kappa shape index (κ3) is 4.33. The summed E-state index contributed by atoms with van der Waals surface area (Å²) in [5.41, 5.74) is 6.72. The van der Waals surface area contributed by atoms with Gasteiger partial charge in [0.15, 0.2) is 0 Å². The van der Waals surface area contributed by atoms with Crippen molar-refractivity contribution < 1.29 is 12.8 Å². The quantitative estimate of drug-likeness (QED) is 0.777. The Morgan fingerprint density at radius 1 is 1.29 bits per heavy atom. The molecule has 0 saturated carbocycles. The Kier molecular flexibility index (Phi) is 4.75. The summed E-state index contributed by atoms with van der Waals surface area (Å²) in [7, 11) is -3.70. The van der Waals surface area contributed by atoms with E-state index in [4.69, 9.17) is 17.3 Å². The Labute approximate surface area is 135 Å². The van der Waals surface area contributed by atoms with Crippen molar-refractivity contribution in [2.75, 3.05) is 10.5 Å². The lowest BCUT2D eigenvalue weighted by molar-refractivity contribution is 0.600. The van der Waals surface area contributed by atoms with Crippen molar-refractivity contribution in [3.63, 3.8) is 0 Å². The van der Waals surface area contributed by atoms with E-state index in [2.05, 4.69) is 20.7 Å². The predicted octanol–water partition coefficient (Wildman–Crippen LogP) is 3.77. The van der Waals surface area contributed by atoms with Gasteiger partial charge in [-0.1, -0.05) is 23.7 Å². The zero-order chi connectivity index (χ0) is 15.6. The Morgan fingerprint density at radius 3 is 2.62 bits per heavy atom. The minimum atomic E-state index is -3.70. The number of benzene rings is 2. The van der Waals surface area contributed by atoms with Crippen LogP contribution in [-0.2, 0) is 15.8 Å². The van der Waals surface area contributed by atoms with Crippen molar-refractivity contribution in [3.05, 3.63) is 57.3 Å². The molecule has 2 rings (SSSR count). The molecule has 0 aliphatic carbocycles. The zero-order valence-electron chi connectivity index (χ0n) is 10.6. The van der Waals surface area contributed by atoms with Crippen LogP contribution in [-0.4, -0.2) is 8.42 Å². The van der Waals surface area contributed by atoms with Crippen molar-refractivity contribution in [1.29, 1.82) is 0 Å². The van der Waals surface area contributed by atoms with Crippen molar-refractivity contribution in [2.45, 2.75) is 5.75 Å². The fraction of sp³-hybridized carbons (Fsp3) is 0.0769. The minimum absolute atomic E-state index is 0.0296. The topological polar surface area (TPSA) is 72.2 Å². The number of halogens is 3. The number of sulfonamides is 1. The molecule has 3 N–H and O–H groups in total. The van der Waals surface area contributed by atoms with Gasteiger partial charge in [0, 0.05) is 10.2 Å². The fourth-order valence-electron chi connectivity index (χ4n) is 1.73. The number of nitrogens with two attached hydrogens (primary N) is 1. The SMILES string of the molecule is Nc1cccc(CS(=O)(=O)Nc2c(Cl)cc(F)cc2Br)c1. The highest BCUT2D eigenvalue weighted by Gasteiger charge is 2.17. The second kappa shape index (κ2) is 6.21. The molecule has 0 aliphatic heterocycles. The van der Waals surface area contributed by atoms with Crippen LogP contribution >= 0.6 is 27.5 Å². The molecule has 0 atom stereocenters. The predicted molar refractivity (Wildman–Crippen MR) is 86.2 cm³/mol. The van der Waals surface area contributed by atoms with Gasteiger partial charge in [0.25, 0.3) is 0 Å². The third-order valence-electron chi connectivity index (χ3n) is 2.57. The molecule has 2 aromatic carbocycles. The normalized spacial score (nSPS) is 11.4. The fourth-order valence-corrected chi connectivity index (χ4v) is 4.04. The van der Waals surface area contributed by atoms with Gasteiger partial charge >= 0.3 is 0 Å². The molecule has 21 heavy (non-hydrogen) atoms. The van der Waals surface area contributed by atoms with Crippen molar-refractivity contribution >= 4 is 48.9 Å². The molecule has 0 unspecified atom stereocenters. The third-order valence-corrected chi connectivity index (χ3v) is 4.72. The number of nitrogens with one attached hydrogen (secondary N) is 1. The molecule has 0 heterocycles. The maximum absolute atomic E-state index is 13.1. The summed E-state index contributed by atoms with van der Waals surface area (Å²) in [4.78, 5) is 0. The van der Waals surface area contributed by atoms with Crippen LogP contribution in [0.4, 0.5) is 15.8 Å². The molecule has 112 valence electrons. The van der Waals surface area contributed by atoms with Crippen LogP contribution in [0.15, 0.2) is 40.9 Å². The second-order valence-electron chi connectivity index (χ2n) is 4.35. The van der Waals surface area contributed by atoms with E-state index in [-0.39, 0.29) is 20.9 Å². The Balaban J connectivity index is 2.26. The summed E-state index contributed by atoms with van der Waals surface area (Å²) >= 11 is 8.93. The van der Waals surface area contributed by atoms with Gasteiger partial charge < -0.3 is 5.73 Å². The van der Waals surface area contributed by atoms with Crippen LogP contribution < -0.4 is 10.5 Å². The van der Waals surface area contributed by atoms with Gasteiger partial charge in [0.1, 0.15) is 5.82 Å². The second-order valence-corrected chi connectivity index (χ2v) is 7.33. The molecule has 0 spiro atoms. The lowest BCUT2D eigenvalue weighted by Gasteiger charge is -2.12. The van der Waals surface area contributed by atoms with E-state index in [1.807, 2.05) is 0 Å². The van der Waals surface area contributed by atoms with Crippen molar-refractivity contribution in [1.82, 2.24) is 0 Å². The lowest BCUT2D eigenvalue weighted by atomic mass is 10.2. The number of hydrogen-bond donors (Lipinski definition) is 2. The van der Waals surface area contributed by atoms with Crippen molar-refractivity contribution in [3.8, 4) is 0 Å². The number of nitrogen functional groups attached to an aromatic ring is 1. The summed E-state index contributed by atoms with van der Waals surface area (Å²) in [6, 6.07) is 8.71. The molecule has 0 bridgehead atoms. The molecule has 4 nitrogen and oxygen atoms in total. The summed E-state index contributed by atoms with van der Waals surface area (Å²) in [6.07, 6.45) is 0. The van der Waals surface area contributed by atoms with Crippen LogP contribution in [0.5, 0.6) is 0 Å². The van der Waals surface area contributed by atoms with Gasteiger partial charge in [-0.2, -0.15) is 0 Å². The molecule has 0 saturated heterocycles. The summed E-state index contributed by atoms with van der Waals surface area (Å²) in [5, 5.41) is -0.0296. The lowest BCUT2D eigenvalue weighted by Crippen LogP contribution is -2.16. The maximum Gasteiger partial charge on any atom is 0.237 e. The standard InChI is InChI=1S/C13H11BrClFN2O2S/c14-11-5-9(16)6-12(15)13(11)18-21(19,20)7-8-2-1-3-10(17)4-8/h1-6,18H,7,17H2. The number of anilines is 2. The molecular formula is C13H11BrClFN2O2S. The van der Waals surface area contributed by atoms with Gasteiger partial charge in [0.05, 0.1) is 16.5 Å². The highest BCUT2D eigenvalue weighted by Crippen LogP contribution is 2.32. The highest BCUT2D eigenvalue weighted by atomic mass is 79.9. The van der Waals surface area contributed by atoms with Crippen LogP contribution in [0.2, 0.25) is 5.02 Å². The monoisotopic (exact) mass is 392 g/mol. The van der Waals surface area contributed by atoms with Gasteiger partial charge in [0.2, 0.25) is 10.0 Å². The molecule has 0 fully saturated rings. The molecule has 0 amide bonds. The smallest absolute Gasteiger partial charge is 0.237 e. The Hall–Kier alpha value is -1.31. The van der Waals surface area contributed by atoms with E-state index in [0.717, 1.165) is 12.1 Å². The minimum Gasteiger partial charge on any atom is -0.399 e. The first-order valence-electron chi connectivity index (χ1n) is 5.76. The van der Waals surface area contributed by atoms with Crippen LogP contribution in [0.3, 0.4) is 0 Å². The Bertz CT molecular complexity index is 760. The Morgan fingerprint density at radius 2 is 2.00 bits per heavy atom. The first kappa shape index (κ1) is 16.1. The van der Waals surface area contributed by atoms with E-state index < -0.39 is 15.8 Å².